The zero-order valence-electron chi connectivity index (χ0n) is 12.8. The van der Waals surface area contributed by atoms with Gasteiger partial charge in [-0.05, 0) is 30.2 Å². The normalized spacial score (nSPS) is 10.5. The molecule has 7 nitrogen and oxygen atoms in total. The molecule has 2 aromatic carbocycles. The molecule has 0 spiro atoms. The van der Waals surface area contributed by atoms with E-state index in [0.29, 0.717) is 18.7 Å². The molecular formula is C17H16N4O3. The van der Waals surface area contributed by atoms with Crippen molar-refractivity contribution in [1.29, 1.82) is 0 Å². The van der Waals surface area contributed by atoms with Crippen molar-refractivity contribution in [2.45, 2.75) is 6.42 Å². The van der Waals surface area contributed by atoms with Crippen molar-refractivity contribution in [2.75, 3.05) is 11.9 Å². The number of nitro benzene ring substituents is 1. The monoisotopic (exact) mass is 324 g/mol. The SMILES string of the molecule is O=C(NCCc1c[nH]c2ccccc12)Nc1ccc([N+](=O)[O-])cc1. The number of anilines is 1. The van der Waals surface area contributed by atoms with E-state index in [4.69, 9.17) is 0 Å². The second-order valence-corrected chi connectivity index (χ2v) is 5.29. The Kier molecular flexibility index (Phi) is 4.42. The first-order valence-corrected chi connectivity index (χ1v) is 7.48. The number of nitro groups is 1. The Morgan fingerprint density at radius 2 is 1.88 bits per heavy atom. The number of urea groups is 1. The van der Waals surface area contributed by atoms with Crippen LogP contribution in [0.3, 0.4) is 0 Å². The lowest BCUT2D eigenvalue weighted by atomic mass is 10.1. The highest BCUT2D eigenvalue weighted by Gasteiger charge is 2.07. The van der Waals surface area contributed by atoms with Gasteiger partial charge in [0.15, 0.2) is 0 Å². The van der Waals surface area contributed by atoms with Gasteiger partial charge in [-0.3, -0.25) is 10.1 Å². The van der Waals surface area contributed by atoms with Crippen LogP contribution in [-0.2, 0) is 6.42 Å². The Hall–Kier alpha value is -3.35. The second-order valence-electron chi connectivity index (χ2n) is 5.29. The van der Waals surface area contributed by atoms with Crippen LogP contribution >= 0.6 is 0 Å². The molecule has 0 aliphatic carbocycles. The molecule has 0 radical (unpaired) electrons. The lowest BCUT2D eigenvalue weighted by Gasteiger charge is -2.07. The Labute approximate surface area is 137 Å². The molecule has 3 rings (SSSR count). The highest BCUT2D eigenvalue weighted by Crippen LogP contribution is 2.18. The fourth-order valence-corrected chi connectivity index (χ4v) is 2.49. The van der Waals surface area contributed by atoms with Gasteiger partial charge in [-0.1, -0.05) is 18.2 Å². The molecule has 0 saturated carbocycles. The molecule has 3 aromatic rings. The quantitative estimate of drug-likeness (QED) is 0.495. The van der Waals surface area contributed by atoms with Crippen molar-refractivity contribution >= 4 is 28.3 Å². The van der Waals surface area contributed by atoms with Gasteiger partial charge in [0.1, 0.15) is 0 Å². The standard InChI is InChI=1S/C17H16N4O3/c22-17(20-13-5-7-14(8-6-13)21(23)24)18-10-9-12-11-19-16-4-2-1-3-15(12)16/h1-8,11,19H,9-10H2,(H2,18,20,22). The maximum atomic E-state index is 11.9. The third kappa shape index (κ3) is 3.52. The average Bonchev–Trinajstić information content (AvgIpc) is 2.99. The summed E-state index contributed by atoms with van der Waals surface area (Å²) >= 11 is 0. The van der Waals surface area contributed by atoms with E-state index in [9.17, 15) is 14.9 Å². The van der Waals surface area contributed by atoms with Crippen LogP contribution in [0.1, 0.15) is 5.56 Å². The maximum Gasteiger partial charge on any atom is 0.319 e. The lowest BCUT2D eigenvalue weighted by Crippen LogP contribution is -2.30. The zero-order chi connectivity index (χ0) is 16.9. The first-order chi connectivity index (χ1) is 11.6. The molecule has 3 N–H and O–H groups in total. The van der Waals surface area contributed by atoms with E-state index in [2.05, 4.69) is 15.6 Å². The Bertz CT molecular complexity index is 871. The fourth-order valence-electron chi connectivity index (χ4n) is 2.49. The number of benzene rings is 2. The number of non-ortho nitro benzene ring substituents is 1. The van der Waals surface area contributed by atoms with Crippen molar-refractivity contribution in [3.05, 3.63) is 70.4 Å². The molecule has 122 valence electrons. The average molecular weight is 324 g/mol. The molecule has 0 saturated heterocycles. The number of carbonyl (C=O) groups is 1. The van der Waals surface area contributed by atoms with Crippen molar-refractivity contribution in [3.8, 4) is 0 Å². The van der Waals surface area contributed by atoms with E-state index in [0.717, 1.165) is 16.5 Å². The Morgan fingerprint density at radius 3 is 2.62 bits per heavy atom. The predicted octanol–water partition coefficient (Wildman–Crippen LogP) is 3.44. The molecule has 0 unspecified atom stereocenters. The van der Waals surface area contributed by atoms with Gasteiger partial charge < -0.3 is 15.6 Å². The van der Waals surface area contributed by atoms with Crippen LogP contribution in [0.4, 0.5) is 16.2 Å². The van der Waals surface area contributed by atoms with Gasteiger partial charge in [0.2, 0.25) is 0 Å². The second kappa shape index (κ2) is 6.82. The molecular weight excluding hydrogens is 308 g/mol. The topological polar surface area (TPSA) is 100 Å². The number of hydrogen-bond donors (Lipinski definition) is 3. The van der Waals surface area contributed by atoms with Gasteiger partial charge in [0.25, 0.3) is 5.69 Å². The number of aromatic amines is 1. The number of nitrogens with zero attached hydrogens (tertiary/aromatic N) is 1. The first-order valence-electron chi connectivity index (χ1n) is 7.48. The number of H-pyrrole nitrogens is 1. The third-order valence-corrected chi connectivity index (χ3v) is 3.69. The van der Waals surface area contributed by atoms with Crippen LogP contribution in [0, 0.1) is 10.1 Å². The number of hydrogen-bond acceptors (Lipinski definition) is 3. The summed E-state index contributed by atoms with van der Waals surface area (Å²) < 4.78 is 0. The van der Waals surface area contributed by atoms with Crippen LogP contribution in [0.25, 0.3) is 10.9 Å². The number of nitrogens with one attached hydrogen (secondary N) is 3. The van der Waals surface area contributed by atoms with Gasteiger partial charge >= 0.3 is 6.03 Å². The number of fused-ring (bicyclic) bond motifs is 1. The molecule has 24 heavy (non-hydrogen) atoms. The Morgan fingerprint density at radius 1 is 1.12 bits per heavy atom. The van der Waals surface area contributed by atoms with Crippen LogP contribution in [0.5, 0.6) is 0 Å². The number of amides is 2. The van der Waals surface area contributed by atoms with E-state index in [1.165, 1.54) is 24.3 Å². The summed E-state index contributed by atoms with van der Waals surface area (Å²) in [5.74, 6) is 0. The molecule has 1 heterocycles. The molecule has 0 fully saturated rings. The smallest absolute Gasteiger partial charge is 0.319 e. The third-order valence-electron chi connectivity index (χ3n) is 3.69. The highest BCUT2D eigenvalue weighted by molar-refractivity contribution is 5.89. The number of rotatable bonds is 5. The predicted molar refractivity (Wildman–Crippen MR) is 92.1 cm³/mol. The maximum absolute atomic E-state index is 11.9. The molecule has 1 aromatic heterocycles. The summed E-state index contributed by atoms with van der Waals surface area (Å²) in [5.41, 5.74) is 2.70. The van der Waals surface area contributed by atoms with Crippen molar-refractivity contribution < 1.29 is 9.72 Å². The number of para-hydroxylation sites is 1. The largest absolute Gasteiger partial charge is 0.361 e. The van der Waals surface area contributed by atoms with Crippen molar-refractivity contribution in [1.82, 2.24) is 10.3 Å². The highest BCUT2D eigenvalue weighted by atomic mass is 16.6. The minimum atomic E-state index is -0.481. The minimum absolute atomic E-state index is 0.0136. The summed E-state index contributed by atoms with van der Waals surface area (Å²) in [4.78, 5) is 25.2. The summed E-state index contributed by atoms with van der Waals surface area (Å²) in [5, 5.41) is 17.2. The van der Waals surface area contributed by atoms with Crippen LogP contribution in [-0.4, -0.2) is 22.5 Å². The molecule has 0 atom stereocenters. The van der Waals surface area contributed by atoms with Crippen LogP contribution in [0.2, 0.25) is 0 Å². The summed E-state index contributed by atoms with van der Waals surface area (Å²) in [6, 6.07) is 13.3. The molecule has 0 aliphatic heterocycles. The van der Waals surface area contributed by atoms with Gasteiger partial charge in [0.05, 0.1) is 4.92 Å². The molecule has 0 bridgehead atoms. The van der Waals surface area contributed by atoms with E-state index in [-0.39, 0.29) is 11.7 Å². The van der Waals surface area contributed by atoms with E-state index in [1.54, 1.807) is 0 Å². The van der Waals surface area contributed by atoms with Crippen molar-refractivity contribution in [2.24, 2.45) is 0 Å². The summed E-state index contributed by atoms with van der Waals surface area (Å²) in [6.45, 7) is 0.487. The first kappa shape index (κ1) is 15.5. The number of carbonyl (C=O) groups excluding carboxylic acids is 1. The van der Waals surface area contributed by atoms with Gasteiger partial charge in [-0.15, -0.1) is 0 Å². The van der Waals surface area contributed by atoms with Crippen LogP contribution < -0.4 is 10.6 Å². The molecule has 7 heteroatoms. The summed E-state index contributed by atoms with van der Waals surface area (Å²) in [7, 11) is 0. The molecule has 2 amide bonds. The Balaban J connectivity index is 1.51. The summed E-state index contributed by atoms with van der Waals surface area (Å²) in [6.07, 6.45) is 2.65. The van der Waals surface area contributed by atoms with Gasteiger partial charge in [-0.2, -0.15) is 0 Å². The van der Waals surface area contributed by atoms with Gasteiger partial charge in [0, 0.05) is 41.5 Å². The van der Waals surface area contributed by atoms with Crippen molar-refractivity contribution in [3.63, 3.8) is 0 Å². The molecule has 0 aliphatic rings. The fraction of sp³-hybridized carbons (Fsp3) is 0.118. The van der Waals surface area contributed by atoms with E-state index < -0.39 is 4.92 Å². The number of aromatic nitrogens is 1. The van der Waals surface area contributed by atoms with E-state index in [1.807, 2.05) is 30.5 Å². The minimum Gasteiger partial charge on any atom is -0.361 e. The lowest BCUT2D eigenvalue weighted by molar-refractivity contribution is -0.384. The zero-order valence-corrected chi connectivity index (χ0v) is 12.8. The van der Waals surface area contributed by atoms with Gasteiger partial charge in [-0.25, -0.2) is 4.79 Å². The van der Waals surface area contributed by atoms with E-state index >= 15 is 0 Å². The van der Waals surface area contributed by atoms with Crippen LogP contribution in [0.15, 0.2) is 54.7 Å².